The van der Waals surface area contributed by atoms with Gasteiger partial charge in [0.05, 0.1) is 12.6 Å². The molecule has 1 N–H and O–H groups in total. The molecule has 2 heterocycles. The van der Waals surface area contributed by atoms with Gasteiger partial charge in [-0.2, -0.15) is 0 Å². The predicted octanol–water partition coefficient (Wildman–Crippen LogP) is 4.78. The van der Waals surface area contributed by atoms with Gasteiger partial charge in [-0.15, -0.1) is 0 Å². The Balaban J connectivity index is 1.99. The van der Waals surface area contributed by atoms with Gasteiger partial charge in [0, 0.05) is 34.8 Å². The molecule has 26 heavy (non-hydrogen) atoms. The van der Waals surface area contributed by atoms with Crippen LogP contribution in [0.15, 0.2) is 30.3 Å². The zero-order valence-corrected chi connectivity index (χ0v) is 15.2. The minimum absolute atomic E-state index is 0.280. The minimum Gasteiger partial charge on any atom is -0.496 e. The van der Waals surface area contributed by atoms with Crippen molar-refractivity contribution in [3.05, 3.63) is 58.0 Å². The van der Waals surface area contributed by atoms with Gasteiger partial charge in [0.15, 0.2) is 0 Å². The molecule has 3 aromatic rings. The fourth-order valence-corrected chi connectivity index (χ4v) is 3.62. The lowest BCUT2D eigenvalue weighted by Crippen LogP contribution is -2.03. The average Bonchev–Trinajstić information content (AvgIpc) is 3.04. The molecule has 4 rings (SSSR count). The number of ether oxygens (including phenoxy) is 1. The van der Waals surface area contributed by atoms with Crippen LogP contribution in [-0.2, 0) is 11.8 Å². The average molecular weight is 371 g/mol. The molecule has 0 saturated heterocycles. The number of amides is 1. The summed E-state index contributed by atoms with van der Waals surface area (Å²) in [5.41, 5.74) is 4.12. The van der Waals surface area contributed by atoms with Crippen molar-refractivity contribution >= 4 is 45.7 Å². The highest BCUT2D eigenvalue weighted by atomic mass is 35.5. The van der Waals surface area contributed by atoms with Crippen LogP contribution in [0.1, 0.15) is 16.7 Å². The highest BCUT2D eigenvalue weighted by Crippen LogP contribution is 2.39. The molecule has 1 amide bonds. The Morgan fingerprint density at radius 1 is 1.27 bits per heavy atom. The van der Waals surface area contributed by atoms with E-state index in [2.05, 4.69) is 5.32 Å². The monoisotopic (exact) mass is 370 g/mol. The fourth-order valence-electron chi connectivity index (χ4n) is 3.37. The van der Waals surface area contributed by atoms with Gasteiger partial charge in [0.1, 0.15) is 16.7 Å². The standard InChI is InChI=1S/C20H16ClFN2O2/c1-10-6-17-13(9-18(10)26-3)14(19(21)24(17)2)8-15-12-7-11(22)4-5-16(12)23-20(15)25/h4-9H,1-3H3,(H,23,25)/b15-8+. The second-order valence-electron chi connectivity index (χ2n) is 6.30. The van der Waals surface area contributed by atoms with Crippen LogP contribution in [0.5, 0.6) is 5.75 Å². The second kappa shape index (κ2) is 5.88. The number of nitrogens with one attached hydrogen (secondary N) is 1. The van der Waals surface area contributed by atoms with Gasteiger partial charge in [0.2, 0.25) is 0 Å². The number of carbonyl (C=O) groups excluding carboxylic acids is 1. The van der Waals surface area contributed by atoms with Gasteiger partial charge in [-0.1, -0.05) is 11.6 Å². The van der Waals surface area contributed by atoms with Crippen molar-refractivity contribution in [2.75, 3.05) is 12.4 Å². The van der Waals surface area contributed by atoms with E-state index < -0.39 is 5.82 Å². The van der Waals surface area contributed by atoms with Crippen LogP contribution < -0.4 is 10.1 Å². The Labute approximate surface area is 154 Å². The zero-order valence-electron chi connectivity index (χ0n) is 14.5. The van der Waals surface area contributed by atoms with Gasteiger partial charge in [-0.25, -0.2) is 4.39 Å². The second-order valence-corrected chi connectivity index (χ2v) is 6.66. The zero-order chi connectivity index (χ0) is 18.6. The van der Waals surface area contributed by atoms with E-state index in [0.29, 0.717) is 27.5 Å². The molecule has 0 spiro atoms. The highest BCUT2D eigenvalue weighted by Gasteiger charge is 2.26. The van der Waals surface area contributed by atoms with E-state index in [0.717, 1.165) is 22.2 Å². The molecule has 0 unspecified atom stereocenters. The van der Waals surface area contributed by atoms with Crippen LogP contribution in [0.3, 0.4) is 0 Å². The molecule has 0 bridgehead atoms. The summed E-state index contributed by atoms with van der Waals surface area (Å²) in [5, 5.41) is 4.12. The number of benzene rings is 2. The summed E-state index contributed by atoms with van der Waals surface area (Å²) in [6.07, 6.45) is 1.71. The first-order chi connectivity index (χ1) is 12.4. The van der Waals surface area contributed by atoms with Gasteiger partial charge < -0.3 is 14.6 Å². The molecule has 2 aromatic carbocycles. The lowest BCUT2D eigenvalue weighted by molar-refractivity contribution is -0.110. The summed E-state index contributed by atoms with van der Waals surface area (Å²) in [6.45, 7) is 1.96. The summed E-state index contributed by atoms with van der Waals surface area (Å²) in [4.78, 5) is 12.4. The Bertz CT molecular complexity index is 1110. The molecular weight excluding hydrogens is 355 g/mol. The summed E-state index contributed by atoms with van der Waals surface area (Å²) >= 11 is 6.54. The third kappa shape index (κ3) is 2.39. The SMILES string of the molecule is COc1cc2c(/C=C3/C(=O)Nc4ccc(F)cc43)c(Cl)n(C)c2cc1C. The number of rotatable bonds is 2. The summed E-state index contributed by atoms with van der Waals surface area (Å²) in [6, 6.07) is 8.12. The number of hydrogen-bond acceptors (Lipinski definition) is 2. The van der Waals surface area contributed by atoms with Gasteiger partial charge in [-0.3, -0.25) is 4.79 Å². The molecular formula is C20H16ClFN2O2. The van der Waals surface area contributed by atoms with Crippen molar-refractivity contribution < 1.29 is 13.9 Å². The third-order valence-corrected chi connectivity index (χ3v) is 5.19. The number of aryl methyl sites for hydroxylation is 2. The number of anilines is 1. The molecule has 0 aliphatic carbocycles. The van der Waals surface area contributed by atoms with Crippen molar-refractivity contribution in [3.63, 3.8) is 0 Å². The van der Waals surface area contributed by atoms with Crippen molar-refractivity contribution in [2.24, 2.45) is 7.05 Å². The van der Waals surface area contributed by atoms with E-state index in [-0.39, 0.29) is 5.91 Å². The number of fused-ring (bicyclic) bond motifs is 2. The van der Waals surface area contributed by atoms with Crippen molar-refractivity contribution in [1.82, 2.24) is 4.57 Å². The number of aromatic nitrogens is 1. The molecule has 0 fully saturated rings. The Kier molecular flexibility index (Phi) is 3.77. The van der Waals surface area contributed by atoms with E-state index in [1.165, 1.54) is 12.1 Å². The predicted molar refractivity (Wildman–Crippen MR) is 102 cm³/mol. The molecule has 6 heteroatoms. The first-order valence-corrected chi connectivity index (χ1v) is 8.44. The summed E-state index contributed by atoms with van der Waals surface area (Å²) in [7, 11) is 3.47. The van der Waals surface area contributed by atoms with Gasteiger partial charge in [0.25, 0.3) is 5.91 Å². The maximum atomic E-state index is 13.7. The molecule has 1 aliphatic heterocycles. The maximum absolute atomic E-state index is 13.7. The fraction of sp³-hybridized carbons (Fsp3) is 0.150. The molecule has 0 saturated carbocycles. The van der Waals surface area contributed by atoms with Crippen LogP contribution in [0.4, 0.5) is 10.1 Å². The quantitative estimate of drug-likeness (QED) is 0.660. The van der Waals surface area contributed by atoms with E-state index in [9.17, 15) is 9.18 Å². The first-order valence-electron chi connectivity index (χ1n) is 8.06. The molecule has 1 aliphatic rings. The number of hydrogen-bond donors (Lipinski definition) is 1. The molecule has 0 radical (unpaired) electrons. The van der Waals surface area contributed by atoms with E-state index in [1.54, 1.807) is 19.3 Å². The first kappa shape index (κ1) is 16.7. The Hall–Kier alpha value is -2.79. The van der Waals surface area contributed by atoms with E-state index in [1.807, 2.05) is 30.7 Å². The van der Waals surface area contributed by atoms with E-state index >= 15 is 0 Å². The van der Waals surface area contributed by atoms with Crippen molar-refractivity contribution in [3.8, 4) is 5.75 Å². The molecule has 4 nitrogen and oxygen atoms in total. The van der Waals surface area contributed by atoms with Crippen molar-refractivity contribution in [2.45, 2.75) is 6.92 Å². The summed E-state index contributed by atoms with van der Waals surface area (Å²) in [5.74, 6) is 0.0620. The van der Waals surface area contributed by atoms with Crippen LogP contribution >= 0.6 is 11.6 Å². The molecule has 1 aromatic heterocycles. The number of nitrogens with zero attached hydrogens (tertiary/aromatic N) is 1. The van der Waals surface area contributed by atoms with Crippen LogP contribution in [0.2, 0.25) is 5.15 Å². The lowest BCUT2D eigenvalue weighted by atomic mass is 10.0. The minimum atomic E-state index is -0.396. The largest absolute Gasteiger partial charge is 0.496 e. The van der Waals surface area contributed by atoms with Crippen LogP contribution in [0, 0.1) is 12.7 Å². The number of carbonyl (C=O) groups is 1. The van der Waals surface area contributed by atoms with Crippen LogP contribution in [-0.4, -0.2) is 17.6 Å². The molecule has 132 valence electrons. The Morgan fingerprint density at radius 3 is 2.77 bits per heavy atom. The smallest absolute Gasteiger partial charge is 0.256 e. The van der Waals surface area contributed by atoms with E-state index in [4.69, 9.17) is 16.3 Å². The maximum Gasteiger partial charge on any atom is 0.256 e. The van der Waals surface area contributed by atoms with Gasteiger partial charge in [-0.05, 0) is 48.9 Å². The van der Waals surface area contributed by atoms with Gasteiger partial charge >= 0.3 is 0 Å². The Morgan fingerprint density at radius 2 is 2.04 bits per heavy atom. The van der Waals surface area contributed by atoms with Crippen LogP contribution in [0.25, 0.3) is 22.6 Å². The molecule has 0 atom stereocenters. The summed E-state index contributed by atoms with van der Waals surface area (Å²) < 4.78 is 20.9. The number of halogens is 2. The highest BCUT2D eigenvalue weighted by molar-refractivity contribution is 6.38. The third-order valence-electron chi connectivity index (χ3n) is 4.73. The number of methoxy groups -OCH3 is 1. The normalized spacial score (nSPS) is 14.8. The van der Waals surface area contributed by atoms with Crippen molar-refractivity contribution in [1.29, 1.82) is 0 Å². The lowest BCUT2D eigenvalue weighted by Gasteiger charge is -2.05. The topological polar surface area (TPSA) is 43.3 Å².